The molecule has 6 heteroatoms. The Hall–Kier alpha value is -2.21. The van der Waals surface area contributed by atoms with Gasteiger partial charge in [0, 0.05) is 24.6 Å². The molecule has 1 N–H and O–H groups in total. The third kappa shape index (κ3) is 3.66. The van der Waals surface area contributed by atoms with Crippen molar-refractivity contribution < 1.29 is 9.53 Å². The Bertz CT molecular complexity index is 591. The fourth-order valence-electron chi connectivity index (χ4n) is 2.36. The minimum Gasteiger partial charge on any atom is -0.381 e. The Balaban J connectivity index is 1.51. The van der Waals surface area contributed by atoms with E-state index in [-0.39, 0.29) is 5.91 Å². The second-order valence-electron chi connectivity index (χ2n) is 5.21. The molecule has 1 aliphatic rings. The van der Waals surface area contributed by atoms with Gasteiger partial charge in [-0.15, -0.1) is 5.10 Å². The zero-order chi connectivity index (χ0) is 14.5. The Morgan fingerprint density at radius 2 is 2.24 bits per heavy atom. The van der Waals surface area contributed by atoms with Crippen molar-refractivity contribution in [3.05, 3.63) is 47.8 Å². The fourth-order valence-corrected chi connectivity index (χ4v) is 2.36. The number of hydrogen-bond donors (Lipinski definition) is 1. The lowest BCUT2D eigenvalue weighted by atomic mass is 10.1. The fraction of sp³-hybridized carbons (Fsp3) is 0.400. The highest BCUT2D eigenvalue weighted by molar-refractivity contribution is 5.93. The predicted molar refractivity (Wildman–Crippen MR) is 76.6 cm³/mol. The molecule has 2 aromatic rings. The van der Waals surface area contributed by atoms with Crippen molar-refractivity contribution in [3.63, 3.8) is 0 Å². The molecule has 1 amide bonds. The van der Waals surface area contributed by atoms with Crippen molar-refractivity contribution in [3.8, 4) is 0 Å². The van der Waals surface area contributed by atoms with Crippen molar-refractivity contribution in [2.45, 2.75) is 19.5 Å². The lowest BCUT2D eigenvalue weighted by Gasteiger charge is -2.05. The van der Waals surface area contributed by atoms with Gasteiger partial charge in [-0.1, -0.05) is 23.4 Å². The number of carbonyl (C=O) groups is 1. The Labute approximate surface area is 123 Å². The molecule has 0 spiro atoms. The van der Waals surface area contributed by atoms with E-state index in [0.29, 0.717) is 18.0 Å². The summed E-state index contributed by atoms with van der Waals surface area (Å²) in [7, 11) is 0. The molecule has 0 bridgehead atoms. The van der Waals surface area contributed by atoms with Crippen LogP contribution in [0, 0.1) is 5.92 Å². The molecule has 1 fully saturated rings. The number of aromatic nitrogens is 3. The highest BCUT2D eigenvalue weighted by atomic mass is 16.5. The van der Waals surface area contributed by atoms with Crippen molar-refractivity contribution >= 4 is 5.91 Å². The maximum atomic E-state index is 11.9. The first kappa shape index (κ1) is 13.8. The van der Waals surface area contributed by atoms with Crippen molar-refractivity contribution in [1.82, 2.24) is 20.3 Å². The smallest absolute Gasteiger partial charge is 0.251 e. The number of nitrogens with zero attached hydrogens (tertiary/aromatic N) is 3. The van der Waals surface area contributed by atoms with Crippen LogP contribution < -0.4 is 5.32 Å². The molecule has 1 aromatic heterocycles. The van der Waals surface area contributed by atoms with Crippen LogP contribution in [0.3, 0.4) is 0 Å². The maximum Gasteiger partial charge on any atom is 0.251 e. The normalized spacial score (nSPS) is 17.8. The van der Waals surface area contributed by atoms with E-state index < -0.39 is 0 Å². The SMILES string of the molecule is O=C(NCc1cn(CC2CCOC2)nn1)c1ccccc1. The Morgan fingerprint density at radius 3 is 3.00 bits per heavy atom. The Morgan fingerprint density at radius 1 is 1.38 bits per heavy atom. The predicted octanol–water partition coefficient (Wildman–Crippen LogP) is 1.24. The van der Waals surface area contributed by atoms with Crippen LogP contribution in [0.5, 0.6) is 0 Å². The lowest BCUT2D eigenvalue weighted by Crippen LogP contribution is -2.22. The molecule has 6 nitrogen and oxygen atoms in total. The number of carbonyl (C=O) groups excluding carboxylic acids is 1. The van der Waals surface area contributed by atoms with Crippen LogP contribution in [0.2, 0.25) is 0 Å². The number of ether oxygens (including phenoxy) is 1. The number of rotatable bonds is 5. The van der Waals surface area contributed by atoms with E-state index in [1.165, 1.54) is 0 Å². The topological polar surface area (TPSA) is 69.0 Å². The molecular weight excluding hydrogens is 268 g/mol. The number of amides is 1. The molecule has 1 atom stereocenters. The van der Waals surface area contributed by atoms with Crippen LogP contribution in [0.25, 0.3) is 0 Å². The van der Waals surface area contributed by atoms with Gasteiger partial charge in [-0.05, 0) is 18.6 Å². The summed E-state index contributed by atoms with van der Waals surface area (Å²) in [6, 6.07) is 9.14. The number of hydrogen-bond acceptors (Lipinski definition) is 4. The highest BCUT2D eigenvalue weighted by Crippen LogP contribution is 2.14. The number of nitrogens with one attached hydrogen (secondary N) is 1. The molecule has 1 saturated heterocycles. The monoisotopic (exact) mass is 286 g/mol. The summed E-state index contributed by atoms with van der Waals surface area (Å²) in [5.74, 6) is 0.410. The van der Waals surface area contributed by atoms with E-state index in [1.54, 1.807) is 12.1 Å². The molecule has 0 saturated carbocycles. The van der Waals surface area contributed by atoms with Gasteiger partial charge in [-0.3, -0.25) is 9.48 Å². The molecular formula is C15H18N4O2. The van der Waals surface area contributed by atoms with E-state index in [1.807, 2.05) is 29.1 Å². The van der Waals surface area contributed by atoms with Crippen LogP contribution in [0.1, 0.15) is 22.5 Å². The molecule has 3 rings (SSSR count). The second kappa shape index (κ2) is 6.49. The van der Waals surface area contributed by atoms with Crippen LogP contribution in [-0.4, -0.2) is 34.1 Å². The summed E-state index contributed by atoms with van der Waals surface area (Å²) in [6.07, 6.45) is 2.95. The third-order valence-electron chi connectivity index (χ3n) is 3.52. The highest BCUT2D eigenvalue weighted by Gasteiger charge is 2.17. The van der Waals surface area contributed by atoms with E-state index in [0.717, 1.165) is 31.9 Å². The lowest BCUT2D eigenvalue weighted by molar-refractivity contribution is 0.0950. The van der Waals surface area contributed by atoms with Gasteiger partial charge in [0.2, 0.25) is 0 Å². The summed E-state index contributed by atoms with van der Waals surface area (Å²) >= 11 is 0. The zero-order valence-corrected chi connectivity index (χ0v) is 11.7. The summed E-state index contributed by atoms with van der Waals surface area (Å²) in [6.45, 7) is 2.83. The van der Waals surface area contributed by atoms with Crippen LogP contribution in [-0.2, 0) is 17.8 Å². The van der Waals surface area contributed by atoms with Gasteiger partial charge in [0.15, 0.2) is 0 Å². The molecule has 1 aliphatic heterocycles. The van der Waals surface area contributed by atoms with Gasteiger partial charge >= 0.3 is 0 Å². The van der Waals surface area contributed by atoms with E-state index in [2.05, 4.69) is 15.6 Å². The molecule has 1 unspecified atom stereocenters. The van der Waals surface area contributed by atoms with Gasteiger partial charge in [-0.2, -0.15) is 0 Å². The first-order valence-electron chi connectivity index (χ1n) is 7.11. The van der Waals surface area contributed by atoms with Crippen molar-refractivity contribution in [2.75, 3.05) is 13.2 Å². The molecule has 0 aliphatic carbocycles. The number of benzene rings is 1. The average molecular weight is 286 g/mol. The second-order valence-corrected chi connectivity index (χ2v) is 5.21. The van der Waals surface area contributed by atoms with Gasteiger partial charge in [0.25, 0.3) is 5.91 Å². The third-order valence-corrected chi connectivity index (χ3v) is 3.52. The Kier molecular flexibility index (Phi) is 4.25. The standard InChI is InChI=1S/C15H18N4O2/c20-15(13-4-2-1-3-5-13)16-8-14-10-19(18-17-14)9-12-6-7-21-11-12/h1-5,10,12H,6-9,11H2,(H,16,20). The van der Waals surface area contributed by atoms with E-state index in [9.17, 15) is 4.79 Å². The minimum absolute atomic E-state index is 0.102. The summed E-state index contributed by atoms with van der Waals surface area (Å²) < 4.78 is 7.17. The first-order chi connectivity index (χ1) is 10.3. The van der Waals surface area contributed by atoms with Crippen LogP contribution in [0.15, 0.2) is 36.5 Å². The van der Waals surface area contributed by atoms with Crippen molar-refractivity contribution in [1.29, 1.82) is 0 Å². The average Bonchev–Trinajstić information content (AvgIpc) is 3.18. The largest absolute Gasteiger partial charge is 0.381 e. The molecule has 0 radical (unpaired) electrons. The molecule has 2 heterocycles. The zero-order valence-electron chi connectivity index (χ0n) is 11.7. The van der Waals surface area contributed by atoms with Gasteiger partial charge in [0.1, 0.15) is 5.69 Å². The van der Waals surface area contributed by atoms with Crippen LogP contribution in [0.4, 0.5) is 0 Å². The van der Waals surface area contributed by atoms with Gasteiger partial charge in [-0.25, -0.2) is 0 Å². The maximum absolute atomic E-state index is 11.9. The summed E-state index contributed by atoms with van der Waals surface area (Å²) in [5.41, 5.74) is 1.41. The van der Waals surface area contributed by atoms with Gasteiger partial charge < -0.3 is 10.1 Å². The van der Waals surface area contributed by atoms with Crippen LogP contribution >= 0.6 is 0 Å². The molecule has 1 aromatic carbocycles. The summed E-state index contributed by atoms with van der Waals surface area (Å²) in [4.78, 5) is 11.9. The van der Waals surface area contributed by atoms with E-state index in [4.69, 9.17) is 4.74 Å². The van der Waals surface area contributed by atoms with Crippen molar-refractivity contribution in [2.24, 2.45) is 5.92 Å². The minimum atomic E-state index is -0.102. The summed E-state index contributed by atoms with van der Waals surface area (Å²) in [5, 5.41) is 11.0. The van der Waals surface area contributed by atoms with Gasteiger partial charge in [0.05, 0.1) is 19.3 Å². The first-order valence-corrected chi connectivity index (χ1v) is 7.11. The van der Waals surface area contributed by atoms with E-state index >= 15 is 0 Å². The molecule has 21 heavy (non-hydrogen) atoms. The molecule has 110 valence electrons. The quantitative estimate of drug-likeness (QED) is 0.898.